The number of benzene rings is 1. The molecule has 1 aromatic carbocycles. The highest BCUT2D eigenvalue weighted by atomic mass is 16.4. The average molecular weight is 392 g/mol. The van der Waals surface area contributed by atoms with Gasteiger partial charge in [-0.25, -0.2) is 9.78 Å². The number of hydrogen-bond acceptors (Lipinski definition) is 4. The van der Waals surface area contributed by atoms with E-state index in [-0.39, 0.29) is 11.8 Å². The highest BCUT2D eigenvalue weighted by Gasteiger charge is 2.26. The van der Waals surface area contributed by atoms with Gasteiger partial charge in [-0.2, -0.15) is 0 Å². The lowest BCUT2D eigenvalue weighted by Gasteiger charge is -2.27. The lowest BCUT2D eigenvalue weighted by Crippen LogP contribution is -2.27. The second kappa shape index (κ2) is 8.36. The molecule has 1 N–H and O–H groups in total. The molecule has 0 bridgehead atoms. The number of nitrogens with zero attached hydrogens (tertiary/aromatic N) is 1. The van der Waals surface area contributed by atoms with Gasteiger partial charge in [0.1, 0.15) is 11.4 Å². The molecule has 2 heterocycles. The number of aryl methyl sites for hydroxylation is 1. The lowest BCUT2D eigenvalue weighted by atomic mass is 9.79. The number of amides is 1. The van der Waals surface area contributed by atoms with Gasteiger partial charge in [0.25, 0.3) is 0 Å². The minimum absolute atomic E-state index is 0.0393. The summed E-state index contributed by atoms with van der Waals surface area (Å²) in [5.74, 6) is 1.36. The summed E-state index contributed by atoms with van der Waals surface area (Å²) in [5.41, 5.74) is 1.45. The first-order chi connectivity index (χ1) is 14.1. The number of para-hydroxylation sites is 1. The summed E-state index contributed by atoms with van der Waals surface area (Å²) in [6, 6.07) is 9.12. The molecule has 0 radical (unpaired) electrons. The maximum absolute atomic E-state index is 12.8. The number of fused-ring (bicyclic) bond motifs is 3. The largest absolute Gasteiger partial charge is 0.422 e. The first-order valence-electron chi connectivity index (χ1n) is 10.7. The molecule has 5 nitrogen and oxygen atoms in total. The van der Waals surface area contributed by atoms with E-state index < -0.39 is 5.63 Å². The second-order valence-corrected chi connectivity index (χ2v) is 8.28. The lowest BCUT2D eigenvalue weighted by molar-refractivity contribution is -0.121. The molecule has 1 fully saturated rings. The summed E-state index contributed by atoms with van der Waals surface area (Å²) >= 11 is 0. The molecule has 1 aliphatic carbocycles. The molecule has 0 unspecified atom stereocenters. The van der Waals surface area contributed by atoms with Gasteiger partial charge in [0.15, 0.2) is 0 Å². The number of aromatic nitrogens is 1. The van der Waals surface area contributed by atoms with Crippen molar-refractivity contribution in [2.75, 3.05) is 5.32 Å². The SMILES string of the molecule is CCCCC1CCC(C(=O)Nc2cc(C)c3c(=O)oc4ccccc4c3n2)CC1. The monoisotopic (exact) mass is 392 g/mol. The molecule has 1 amide bonds. The van der Waals surface area contributed by atoms with E-state index in [0.717, 1.165) is 42.6 Å². The maximum Gasteiger partial charge on any atom is 0.346 e. The fraction of sp³-hybridized carbons (Fsp3) is 0.458. The molecule has 3 aromatic rings. The summed E-state index contributed by atoms with van der Waals surface area (Å²) in [5, 5.41) is 4.25. The Morgan fingerprint density at radius 3 is 2.72 bits per heavy atom. The van der Waals surface area contributed by atoms with E-state index in [0.29, 0.717) is 22.3 Å². The number of nitrogens with one attached hydrogen (secondary N) is 1. The third-order valence-electron chi connectivity index (χ3n) is 6.20. The zero-order valence-electron chi connectivity index (χ0n) is 17.2. The maximum atomic E-state index is 12.8. The van der Waals surface area contributed by atoms with Crippen LogP contribution >= 0.6 is 0 Å². The van der Waals surface area contributed by atoms with Gasteiger partial charge in [-0.3, -0.25) is 4.79 Å². The molecular formula is C24H28N2O3. The van der Waals surface area contributed by atoms with Gasteiger partial charge in [0.05, 0.1) is 10.9 Å². The summed E-state index contributed by atoms with van der Waals surface area (Å²) in [4.78, 5) is 29.9. The van der Waals surface area contributed by atoms with Gasteiger partial charge in [-0.15, -0.1) is 0 Å². The number of anilines is 1. The molecule has 152 valence electrons. The minimum Gasteiger partial charge on any atom is -0.422 e. The fourth-order valence-corrected chi connectivity index (χ4v) is 4.53. The fourth-order valence-electron chi connectivity index (χ4n) is 4.53. The van der Waals surface area contributed by atoms with Crippen molar-refractivity contribution in [2.45, 2.75) is 58.8 Å². The van der Waals surface area contributed by atoms with Crippen LogP contribution in [0.1, 0.15) is 57.4 Å². The van der Waals surface area contributed by atoms with Crippen LogP contribution in [0.5, 0.6) is 0 Å². The highest BCUT2D eigenvalue weighted by molar-refractivity contribution is 6.04. The highest BCUT2D eigenvalue weighted by Crippen LogP contribution is 2.33. The van der Waals surface area contributed by atoms with Crippen LogP contribution in [0, 0.1) is 18.8 Å². The molecule has 0 aliphatic heterocycles. The van der Waals surface area contributed by atoms with Gasteiger partial charge in [-0.05, 0) is 62.3 Å². The van der Waals surface area contributed by atoms with Crippen LogP contribution in [0.4, 0.5) is 5.82 Å². The number of rotatable bonds is 5. The number of hydrogen-bond donors (Lipinski definition) is 1. The van der Waals surface area contributed by atoms with E-state index in [2.05, 4.69) is 17.2 Å². The Morgan fingerprint density at radius 1 is 1.21 bits per heavy atom. The second-order valence-electron chi connectivity index (χ2n) is 8.28. The number of carbonyl (C=O) groups excluding carboxylic acids is 1. The molecule has 0 atom stereocenters. The van der Waals surface area contributed by atoms with Crippen LogP contribution in [-0.2, 0) is 4.79 Å². The van der Waals surface area contributed by atoms with Gasteiger partial charge in [0.2, 0.25) is 5.91 Å². The molecule has 5 heteroatoms. The zero-order valence-corrected chi connectivity index (χ0v) is 17.2. The smallest absolute Gasteiger partial charge is 0.346 e. The van der Waals surface area contributed by atoms with E-state index in [1.807, 2.05) is 25.1 Å². The molecule has 0 spiro atoms. The minimum atomic E-state index is -0.396. The van der Waals surface area contributed by atoms with Crippen molar-refractivity contribution < 1.29 is 9.21 Å². The van der Waals surface area contributed by atoms with Crippen molar-refractivity contribution in [3.63, 3.8) is 0 Å². The molecule has 4 rings (SSSR count). The zero-order chi connectivity index (χ0) is 20.4. The van der Waals surface area contributed by atoms with Crippen molar-refractivity contribution in [1.29, 1.82) is 0 Å². The normalized spacial score (nSPS) is 19.5. The summed E-state index contributed by atoms with van der Waals surface area (Å²) < 4.78 is 5.43. The molecule has 1 aliphatic rings. The topological polar surface area (TPSA) is 72.2 Å². The first kappa shape index (κ1) is 19.6. The molecule has 29 heavy (non-hydrogen) atoms. The van der Waals surface area contributed by atoms with E-state index >= 15 is 0 Å². The van der Waals surface area contributed by atoms with Crippen LogP contribution in [0.3, 0.4) is 0 Å². The molecule has 2 aromatic heterocycles. The Morgan fingerprint density at radius 2 is 1.97 bits per heavy atom. The van der Waals surface area contributed by atoms with Crippen molar-refractivity contribution in [1.82, 2.24) is 4.98 Å². The van der Waals surface area contributed by atoms with Crippen LogP contribution < -0.4 is 10.9 Å². The van der Waals surface area contributed by atoms with Gasteiger partial charge in [-0.1, -0.05) is 38.3 Å². The molecule has 0 saturated heterocycles. The van der Waals surface area contributed by atoms with E-state index in [4.69, 9.17) is 4.42 Å². The first-order valence-corrected chi connectivity index (χ1v) is 10.7. The van der Waals surface area contributed by atoms with Crippen LogP contribution in [0.25, 0.3) is 21.9 Å². The predicted octanol–water partition coefficient (Wildman–Crippen LogP) is 5.58. The molecular weight excluding hydrogens is 364 g/mol. The van der Waals surface area contributed by atoms with E-state index in [9.17, 15) is 9.59 Å². The van der Waals surface area contributed by atoms with Crippen LogP contribution in [-0.4, -0.2) is 10.9 Å². The summed E-state index contributed by atoms with van der Waals surface area (Å²) in [6.45, 7) is 4.08. The van der Waals surface area contributed by atoms with Crippen molar-refractivity contribution >= 4 is 33.6 Å². The number of pyridine rings is 1. The van der Waals surface area contributed by atoms with Crippen molar-refractivity contribution in [2.24, 2.45) is 11.8 Å². The third kappa shape index (κ3) is 4.04. The summed E-state index contributed by atoms with van der Waals surface area (Å²) in [6.07, 6.45) is 7.95. The van der Waals surface area contributed by atoms with Crippen molar-refractivity contribution in [3.05, 3.63) is 46.3 Å². The Kier molecular flexibility index (Phi) is 5.65. The predicted molar refractivity (Wildman–Crippen MR) is 116 cm³/mol. The Bertz CT molecular complexity index is 1090. The Hall–Kier alpha value is -2.69. The van der Waals surface area contributed by atoms with Gasteiger partial charge in [0, 0.05) is 11.3 Å². The number of unbranched alkanes of at least 4 members (excludes halogenated alkanes) is 1. The standard InChI is InChI=1S/C24H28N2O3/c1-3-4-7-16-10-12-17(13-11-16)23(27)26-20-14-15(2)21-22(25-20)18-8-5-6-9-19(18)29-24(21)28/h5-6,8-9,14,16-17H,3-4,7,10-13H2,1-2H3,(H,25,26,27). The quantitative estimate of drug-likeness (QED) is 0.454. The summed E-state index contributed by atoms with van der Waals surface area (Å²) in [7, 11) is 0. The van der Waals surface area contributed by atoms with Crippen LogP contribution in [0.15, 0.2) is 39.5 Å². The average Bonchev–Trinajstić information content (AvgIpc) is 2.72. The Labute approximate surface area is 170 Å². The number of carbonyl (C=O) groups is 1. The van der Waals surface area contributed by atoms with Gasteiger partial charge >= 0.3 is 5.63 Å². The Balaban J connectivity index is 1.56. The third-order valence-corrected chi connectivity index (χ3v) is 6.20. The van der Waals surface area contributed by atoms with E-state index in [1.54, 1.807) is 12.1 Å². The van der Waals surface area contributed by atoms with E-state index in [1.165, 1.54) is 19.3 Å². The van der Waals surface area contributed by atoms with Gasteiger partial charge < -0.3 is 9.73 Å². The van der Waals surface area contributed by atoms with Crippen molar-refractivity contribution in [3.8, 4) is 0 Å². The molecule has 1 saturated carbocycles. The van der Waals surface area contributed by atoms with Crippen LogP contribution in [0.2, 0.25) is 0 Å².